The molecule has 3 aromatic heterocycles. The lowest BCUT2D eigenvalue weighted by atomic mass is 10.2. The first kappa shape index (κ1) is 19.3. The molecule has 10 heteroatoms. The van der Waals surface area contributed by atoms with Gasteiger partial charge in [-0.3, -0.25) is 9.36 Å². The minimum absolute atomic E-state index is 0.168. The minimum Gasteiger partial charge on any atom is -0.461 e. The molecule has 1 amide bonds. The van der Waals surface area contributed by atoms with Gasteiger partial charge in [-0.25, -0.2) is 9.37 Å². The van der Waals surface area contributed by atoms with Crippen molar-refractivity contribution in [2.45, 2.75) is 18.6 Å². The molecule has 0 saturated heterocycles. The molecule has 148 valence electrons. The molecule has 0 radical (unpaired) electrons. The van der Waals surface area contributed by atoms with Crippen LogP contribution in [-0.4, -0.2) is 31.4 Å². The molecule has 0 saturated carbocycles. The van der Waals surface area contributed by atoms with Crippen molar-refractivity contribution in [1.29, 1.82) is 0 Å². The zero-order valence-corrected chi connectivity index (χ0v) is 17.0. The lowest BCUT2D eigenvalue weighted by Gasteiger charge is -2.05. The van der Waals surface area contributed by atoms with Crippen LogP contribution in [0.4, 0.5) is 9.52 Å². The summed E-state index contributed by atoms with van der Waals surface area (Å²) in [6.07, 6.45) is 1.58. The summed E-state index contributed by atoms with van der Waals surface area (Å²) in [5.41, 5.74) is 1.48. The molecule has 29 heavy (non-hydrogen) atoms. The molecule has 7 nitrogen and oxygen atoms in total. The third-order valence-corrected chi connectivity index (χ3v) is 5.72. The van der Waals surface area contributed by atoms with Crippen LogP contribution in [-0.2, 0) is 11.3 Å². The van der Waals surface area contributed by atoms with Gasteiger partial charge in [-0.15, -0.1) is 21.5 Å². The van der Waals surface area contributed by atoms with Gasteiger partial charge in [0, 0.05) is 17.5 Å². The first-order valence-corrected chi connectivity index (χ1v) is 10.6. The molecule has 1 N–H and O–H groups in total. The van der Waals surface area contributed by atoms with E-state index >= 15 is 0 Å². The van der Waals surface area contributed by atoms with E-state index in [0.717, 1.165) is 5.56 Å². The van der Waals surface area contributed by atoms with Gasteiger partial charge in [0.25, 0.3) is 0 Å². The summed E-state index contributed by atoms with van der Waals surface area (Å²) in [5.74, 6) is 0.933. The maximum atomic E-state index is 13.0. The molecule has 4 aromatic rings. The maximum absolute atomic E-state index is 13.0. The third kappa shape index (κ3) is 4.38. The number of rotatable bonds is 7. The van der Waals surface area contributed by atoms with Crippen LogP contribution in [0, 0.1) is 5.82 Å². The van der Waals surface area contributed by atoms with Gasteiger partial charge in [-0.05, 0) is 43.3 Å². The van der Waals surface area contributed by atoms with E-state index in [2.05, 4.69) is 20.5 Å². The molecule has 0 aliphatic rings. The highest BCUT2D eigenvalue weighted by molar-refractivity contribution is 7.99. The quantitative estimate of drug-likeness (QED) is 0.434. The van der Waals surface area contributed by atoms with Crippen LogP contribution in [0.1, 0.15) is 6.92 Å². The van der Waals surface area contributed by atoms with Gasteiger partial charge in [-0.2, -0.15) is 0 Å². The van der Waals surface area contributed by atoms with E-state index in [4.69, 9.17) is 4.42 Å². The molecule has 4 rings (SSSR count). The Morgan fingerprint density at radius 1 is 1.28 bits per heavy atom. The Kier molecular flexibility index (Phi) is 5.72. The molecular formula is C19H16FN5O2S2. The zero-order chi connectivity index (χ0) is 20.2. The van der Waals surface area contributed by atoms with Crippen molar-refractivity contribution in [2.24, 2.45) is 0 Å². The number of nitrogens with zero attached hydrogens (tertiary/aromatic N) is 4. The first-order valence-electron chi connectivity index (χ1n) is 8.75. The Bertz CT molecular complexity index is 1110. The van der Waals surface area contributed by atoms with E-state index in [1.54, 1.807) is 24.5 Å². The molecule has 0 atom stereocenters. The Balaban J connectivity index is 1.38. The number of thioether (sulfide) groups is 1. The first-order chi connectivity index (χ1) is 14.1. The van der Waals surface area contributed by atoms with E-state index in [1.165, 1.54) is 35.2 Å². The van der Waals surface area contributed by atoms with Crippen LogP contribution in [0.5, 0.6) is 0 Å². The van der Waals surface area contributed by atoms with Crippen molar-refractivity contribution in [2.75, 3.05) is 11.1 Å². The van der Waals surface area contributed by atoms with Gasteiger partial charge in [0.2, 0.25) is 5.91 Å². The summed E-state index contributed by atoms with van der Waals surface area (Å²) >= 11 is 2.61. The highest BCUT2D eigenvalue weighted by Gasteiger charge is 2.16. The summed E-state index contributed by atoms with van der Waals surface area (Å²) < 4.78 is 20.3. The fourth-order valence-electron chi connectivity index (χ4n) is 2.64. The van der Waals surface area contributed by atoms with Gasteiger partial charge >= 0.3 is 0 Å². The van der Waals surface area contributed by atoms with Crippen LogP contribution >= 0.6 is 23.1 Å². The Hall–Kier alpha value is -2.98. The maximum Gasteiger partial charge on any atom is 0.236 e. The average Bonchev–Trinajstić information content (AvgIpc) is 3.47. The van der Waals surface area contributed by atoms with E-state index in [0.29, 0.717) is 34.1 Å². The van der Waals surface area contributed by atoms with Gasteiger partial charge in [-0.1, -0.05) is 11.8 Å². The molecular weight excluding hydrogens is 413 g/mol. The SMILES string of the molecule is CCn1c(SCC(=O)Nc2nc(-c3ccc(F)cc3)cs2)nnc1-c1ccco1. The standard InChI is InChI=1S/C19H16FN5O2S2/c1-2-25-17(15-4-3-9-27-15)23-24-19(25)29-11-16(26)22-18-21-14(10-28-18)12-5-7-13(20)8-6-12/h3-10H,2,11H2,1H3,(H,21,22,26). The van der Waals surface area contributed by atoms with Crippen LogP contribution in [0.15, 0.2) is 57.6 Å². The van der Waals surface area contributed by atoms with Gasteiger partial charge in [0.15, 0.2) is 21.9 Å². The molecule has 0 aliphatic heterocycles. The Morgan fingerprint density at radius 2 is 2.10 bits per heavy atom. The number of nitrogens with one attached hydrogen (secondary N) is 1. The fourth-order valence-corrected chi connectivity index (χ4v) is 4.18. The number of aromatic nitrogens is 4. The normalized spacial score (nSPS) is 11.0. The number of hydrogen-bond acceptors (Lipinski definition) is 7. The summed E-state index contributed by atoms with van der Waals surface area (Å²) in [4.78, 5) is 16.7. The van der Waals surface area contributed by atoms with Crippen molar-refractivity contribution in [3.63, 3.8) is 0 Å². The van der Waals surface area contributed by atoms with Crippen LogP contribution in [0.25, 0.3) is 22.8 Å². The molecule has 0 bridgehead atoms. The number of hydrogen-bond donors (Lipinski definition) is 1. The number of carbonyl (C=O) groups excluding carboxylic acids is 1. The summed E-state index contributed by atoms with van der Waals surface area (Å²) in [6, 6.07) is 9.67. The van der Waals surface area contributed by atoms with Crippen molar-refractivity contribution in [1.82, 2.24) is 19.7 Å². The number of thiazole rings is 1. The number of benzene rings is 1. The van der Waals surface area contributed by atoms with Crippen molar-refractivity contribution >= 4 is 34.1 Å². The third-order valence-electron chi connectivity index (χ3n) is 4.00. The average molecular weight is 430 g/mol. The molecule has 0 spiro atoms. The lowest BCUT2D eigenvalue weighted by molar-refractivity contribution is -0.113. The molecule has 1 aromatic carbocycles. The van der Waals surface area contributed by atoms with Crippen LogP contribution in [0.3, 0.4) is 0 Å². The van der Waals surface area contributed by atoms with Gasteiger partial charge in [0.05, 0.1) is 17.7 Å². The second kappa shape index (κ2) is 8.58. The Morgan fingerprint density at radius 3 is 2.83 bits per heavy atom. The van der Waals surface area contributed by atoms with Gasteiger partial charge in [0.1, 0.15) is 5.82 Å². The van der Waals surface area contributed by atoms with Crippen molar-refractivity contribution < 1.29 is 13.6 Å². The second-order valence-electron chi connectivity index (χ2n) is 5.91. The number of furan rings is 1. The van der Waals surface area contributed by atoms with Crippen LogP contribution in [0.2, 0.25) is 0 Å². The monoisotopic (exact) mass is 429 g/mol. The predicted octanol–water partition coefficient (Wildman–Crippen LogP) is 4.55. The largest absolute Gasteiger partial charge is 0.461 e. The molecule has 0 fully saturated rings. The molecule has 0 aliphatic carbocycles. The number of halogens is 1. The van der Waals surface area contributed by atoms with E-state index in [-0.39, 0.29) is 17.5 Å². The summed E-state index contributed by atoms with van der Waals surface area (Å²) in [7, 11) is 0. The Labute approximate surface area is 174 Å². The highest BCUT2D eigenvalue weighted by Crippen LogP contribution is 2.26. The van der Waals surface area contributed by atoms with E-state index < -0.39 is 0 Å². The number of amides is 1. The molecule has 3 heterocycles. The topological polar surface area (TPSA) is 85.8 Å². The summed E-state index contributed by atoms with van der Waals surface area (Å²) in [6.45, 7) is 2.63. The van der Waals surface area contributed by atoms with E-state index in [9.17, 15) is 9.18 Å². The molecule has 0 unspecified atom stereocenters. The number of carbonyl (C=O) groups is 1. The fraction of sp³-hybridized carbons (Fsp3) is 0.158. The predicted molar refractivity (Wildman–Crippen MR) is 110 cm³/mol. The smallest absolute Gasteiger partial charge is 0.236 e. The number of anilines is 1. The highest BCUT2D eigenvalue weighted by atomic mass is 32.2. The van der Waals surface area contributed by atoms with E-state index in [1.807, 2.05) is 22.9 Å². The van der Waals surface area contributed by atoms with Crippen molar-refractivity contribution in [3.8, 4) is 22.8 Å². The zero-order valence-electron chi connectivity index (χ0n) is 15.3. The second-order valence-corrected chi connectivity index (χ2v) is 7.71. The minimum atomic E-state index is -0.301. The van der Waals surface area contributed by atoms with Crippen molar-refractivity contribution in [3.05, 3.63) is 53.9 Å². The lowest BCUT2D eigenvalue weighted by Crippen LogP contribution is -2.14. The summed E-state index contributed by atoms with van der Waals surface area (Å²) in [5, 5.41) is 14.1. The van der Waals surface area contributed by atoms with Gasteiger partial charge < -0.3 is 9.73 Å². The van der Waals surface area contributed by atoms with Crippen LogP contribution < -0.4 is 5.32 Å².